The SMILES string of the molecule is [C-]#[N+]Cc1cccc(F)c1Cl. The van der Waals surface area contributed by atoms with Crippen LogP contribution in [-0.2, 0) is 6.54 Å². The topological polar surface area (TPSA) is 4.36 Å². The van der Waals surface area contributed by atoms with E-state index in [1.165, 1.54) is 6.07 Å². The van der Waals surface area contributed by atoms with Crippen LogP contribution in [0.4, 0.5) is 4.39 Å². The molecule has 0 saturated heterocycles. The zero-order valence-electron chi connectivity index (χ0n) is 5.64. The molecule has 1 aromatic carbocycles. The summed E-state index contributed by atoms with van der Waals surface area (Å²) in [5.41, 5.74) is 0.543. The van der Waals surface area contributed by atoms with E-state index >= 15 is 0 Å². The first kappa shape index (κ1) is 8.03. The number of benzene rings is 1. The molecule has 0 unspecified atom stereocenters. The lowest BCUT2D eigenvalue weighted by Crippen LogP contribution is -1.84. The third kappa shape index (κ3) is 1.69. The monoisotopic (exact) mass is 169 g/mol. The highest BCUT2D eigenvalue weighted by Crippen LogP contribution is 2.19. The zero-order valence-corrected chi connectivity index (χ0v) is 6.40. The van der Waals surface area contributed by atoms with Gasteiger partial charge in [0.2, 0.25) is 6.54 Å². The molecule has 0 saturated carbocycles. The Labute approximate surface area is 69.2 Å². The lowest BCUT2D eigenvalue weighted by Gasteiger charge is -1.96. The molecule has 0 aromatic heterocycles. The van der Waals surface area contributed by atoms with Crippen molar-refractivity contribution in [3.8, 4) is 0 Å². The summed E-state index contributed by atoms with van der Waals surface area (Å²) in [6, 6.07) is 4.46. The van der Waals surface area contributed by atoms with Gasteiger partial charge >= 0.3 is 0 Å². The van der Waals surface area contributed by atoms with Gasteiger partial charge in [-0.15, -0.1) is 0 Å². The molecule has 0 N–H and O–H groups in total. The van der Waals surface area contributed by atoms with Crippen molar-refractivity contribution >= 4 is 11.6 Å². The predicted octanol–water partition coefficient (Wildman–Crippen LogP) is 2.90. The van der Waals surface area contributed by atoms with Gasteiger partial charge in [-0.1, -0.05) is 17.7 Å². The van der Waals surface area contributed by atoms with Gasteiger partial charge in [0.1, 0.15) is 5.82 Å². The van der Waals surface area contributed by atoms with Gasteiger partial charge in [-0.2, -0.15) is 0 Å². The van der Waals surface area contributed by atoms with Crippen LogP contribution in [0.3, 0.4) is 0 Å². The van der Waals surface area contributed by atoms with E-state index in [2.05, 4.69) is 4.85 Å². The second kappa shape index (κ2) is 3.36. The third-order valence-electron chi connectivity index (χ3n) is 1.28. The molecule has 0 aliphatic rings. The summed E-state index contributed by atoms with van der Waals surface area (Å²) in [5, 5.41) is 0.0588. The molecule has 3 heteroatoms. The lowest BCUT2D eigenvalue weighted by molar-refractivity contribution is 0.626. The Morgan fingerprint density at radius 3 is 2.91 bits per heavy atom. The van der Waals surface area contributed by atoms with Gasteiger partial charge in [-0.05, 0) is 12.1 Å². The summed E-state index contributed by atoms with van der Waals surface area (Å²) >= 11 is 5.55. The zero-order chi connectivity index (χ0) is 8.27. The summed E-state index contributed by atoms with van der Waals surface area (Å²) in [7, 11) is 0. The van der Waals surface area contributed by atoms with Crippen LogP contribution in [-0.4, -0.2) is 0 Å². The molecule has 0 amide bonds. The Balaban J connectivity index is 3.08. The van der Waals surface area contributed by atoms with Crippen molar-refractivity contribution in [1.82, 2.24) is 0 Å². The van der Waals surface area contributed by atoms with Crippen LogP contribution >= 0.6 is 11.6 Å². The van der Waals surface area contributed by atoms with Gasteiger partial charge in [0.25, 0.3) is 0 Å². The number of halogens is 2. The first-order chi connectivity index (χ1) is 5.25. The summed E-state index contributed by atoms with van der Waals surface area (Å²) in [4.78, 5) is 3.11. The normalized spacial score (nSPS) is 9.18. The van der Waals surface area contributed by atoms with E-state index in [4.69, 9.17) is 18.2 Å². The molecular formula is C8H5ClFN. The molecular weight excluding hydrogens is 165 g/mol. The Hall–Kier alpha value is -1.07. The highest BCUT2D eigenvalue weighted by molar-refractivity contribution is 6.31. The minimum atomic E-state index is -0.465. The summed E-state index contributed by atoms with van der Waals surface area (Å²) in [6.45, 7) is 6.69. The average Bonchev–Trinajstić information content (AvgIpc) is 1.99. The second-order valence-corrected chi connectivity index (χ2v) is 2.41. The number of nitrogens with zero attached hydrogens (tertiary/aromatic N) is 1. The summed E-state index contributed by atoms with van der Waals surface area (Å²) < 4.78 is 12.7. The molecule has 0 fully saturated rings. The molecule has 0 aliphatic heterocycles. The minimum absolute atomic E-state index is 0.0588. The van der Waals surface area contributed by atoms with Crippen molar-refractivity contribution in [2.24, 2.45) is 0 Å². The van der Waals surface area contributed by atoms with Crippen LogP contribution in [0.2, 0.25) is 5.02 Å². The molecule has 1 aromatic rings. The van der Waals surface area contributed by atoms with Crippen molar-refractivity contribution in [1.29, 1.82) is 0 Å². The molecule has 1 rings (SSSR count). The highest BCUT2D eigenvalue weighted by atomic mass is 35.5. The molecule has 0 bridgehead atoms. The minimum Gasteiger partial charge on any atom is -0.312 e. The average molecular weight is 170 g/mol. The Morgan fingerprint density at radius 2 is 2.27 bits per heavy atom. The standard InChI is InChI=1S/C8H5ClFN/c1-11-5-6-3-2-4-7(10)8(6)9/h2-4H,5H2. The van der Waals surface area contributed by atoms with Gasteiger partial charge in [-0.3, -0.25) is 0 Å². The number of hydrogen-bond donors (Lipinski definition) is 0. The fourth-order valence-electron chi connectivity index (χ4n) is 0.756. The molecule has 0 spiro atoms. The molecule has 56 valence electrons. The summed E-state index contributed by atoms with van der Waals surface area (Å²) in [6.07, 6.45) is 0. The summed E-state index contributed by atoms with van der Waals surface area (Å²) in [5.74, 6) is -0.465. The van der Waals surface area contributed by atoms with Crippen LogP contribution in [0.5, 0.6) is 0 Å². The van der Waals surface area contributed by atoms with Gasteiger partial charge in [0.15, 0.2) is 0 Å². The lowest BCUT2D eigenvalue weighted by atomic mass is 10.2. The molecule has 0 aliphatic carbocycles. The first-order valence-electron chi connectivity index (χ1n) is 3.02. The predicted molar refractivity (Wildman–Crippen MR) is 41.7 cm³/mol. The van der Waals surface area contributed by atoms with Crippen LogP contribution in [0.25, 0.3) is 4.85 Å². The molecule has 0 atom stereocenters. The van der Waals surface area contributed by atoms with E-state index in [9.17, 15) is 4.39 Å². The van der Waals surface area contributed by atoms with E-state index in [1.54, 1.807) is 12.1 Å². The van der Waals surface area contributed by atoms with Crippen molar-refractivity contribution < 1.29 is 4.39 Å². The van der Waals surface area contributed by atoms with E-state index in [1.807, 2.05) is 0 Å². The van der Waals surface area contributed by atoms with Gasteiger partial charge in [0, 0.05) is 0 Å². The molecule has 1 nitrogen and oxygen atoms in total. The largest absolute Gasteiger partial charge is 0.312 e. The van der Waals surface area contributed by atoms with Crippen molar-refractivity contribution in [3.63, 3.8) is 0 Å². The van der Waals surface area contributed by atoms with Gasteiger partial charge in [-0.25, -0.2) is 11.0 Å². The smallest absolute Gasteiger partial charge is 0.241 e. The first-order valence-corrected chi connectivity index (χ1v) is 3.39. The van der Waals surface area contributed by atoms with Crippen LogP contribution in [0.1, 0.15) is 5.56 Å². The van der Waals surface area contributed by atoms with Crippen molar-refractivity contribution in [2.75, 3.05) is 0 Å². The Kier molecular flexibility index (Phi) is 2.45. The van der Waals surface area contributed by atoms with Crippen LogP contribution in [0, 0.1) is 12.4 Å². The Morgan fingerprint density at radius 1 is 1.55 bits per heavy atom. The van der Waals surface area contributed by atoms with Gasteiger partial charge < -0.3 is 4.85 Å². The quantitative estimate of drug-likeness (QED) is 0.570. The van der Waals surface area contributed by atoms with E-state index in [-0.39, 0.29) is 11.6 Å². The van der Waals surface area contributed by atoms with Crippen molar-refractivity contribution in [2.45, 2.75) is 6.54 Å². The van der Waals surface area contributed by atoms with Crippen molar-refractivity contribution in [3.05, 3.63) is 46.0 Å². The molecule has 0 heterocycles. The maximum absolute atomic E-state index is 12.7. The van der Waals surface area contributed by atoms with Crippen LogP contribution < -0.4 is 0 Å². The second-order valence-electron chi connectivity index (χ2n) is 2.03. The maximum atomic E-state index is 12.7. The third-order valence-corrected chi connectivity index (χ3v) is 1.70. The van der Waals surface area contributed by atoms with Crippen LogP contribution in [0.15, 0.2) is 18.2 Å². The van der Waals surface area contributed by atoms with Gasteiger partial charge in [0.05, 0.1) is 10.6 Å². The van der Waals surface area contributed by atoms with E-state index < -0.39 is 5.82 Å². The van der Waals surface area contributed by atoms with E-state index in [0.29, 0.717) is 5.56 Å². The highest BCUT2D eigenvalue weighted by Gasteiger charge is 2.05. The Bertz CT molecular complexity index is 303. The molecule has 11 heavy (non-hydrogen) atoms. The molecule has 0 radical (unpaired) electrons. The van der Waals surface area contributed by atoms with E-state index in [0.717, 1.165) is 0 Å². The fourth-order valence-corrected chi connectivity index (χ4v) is 0.941. The number of rotatable bonds is 1. The maximum Gasteiger partial charge on any atom is 0.241 e. The fraction of sp³-hybridized carbons (Fsp3) is 0.125. The number of hydrogen-bond acceptors (Lipinski definition) is 0.